The van der Waals surface area contributed by atoms with Crippen LogP contribution in [0.2, 0.25) is 0 Å². The van der Waals surface area contributed by atoms with Gasteiger partial charge in [0, 0.05) is 24.4 Å². The molecule has 7 heteroatoms. The highest BCUT2D eigenvalue weighted by molar-refractivity contribution is 5.91. The number of nitrogens with one attached hydrogen (secondary N) is 1. The molecule has 0 aromatic heterocycles. The molecular weight excluding hydrogens is 474 g/mol. The summed E-state index contributed by atoms with van der Waals surface area (Å²) in [6.45, 7) is 6.96. The molecule has 0 spiro atoms. The van der Waals surface area contributed by atoms with Gasteiger partial charge in [0.1, 0.15) is 12.1 Å². The van der Waals surface area contributed by atoms with Crippen molar-refractivity contribution in [3.05, 3.63) is 66.2 Å². The third-order valence-corrected chi connectivity index (χ3v) is 8.56. The van der Waals surface area contributed by atoms with Gasteiger partial charge in [-0.05, 0) is 50.6 Å². The van der Waals surface area contributed by atoms with E-state index in [0.29, 0.717) is 16.9 Å². The minimum atomic E-state index is -0.788. The Labute approximate surface area is 221 Å². The van der Waals surface area contributed by atoms with Crippen molar-refractivity contribution in [1.82, 2.24) is 4.90 Å². The van der Waals surface area contributed by atoms with Crippen molar-refractivity contribution >= 4 is 17.6 Å². The van der Waals surface area contributed by atoms with Gasteiger partial charge in [-0.1, -0.05) is 55.0 Å². The van der Waals surface area contributed by atoms with Crippen LogP contribution in [-0.4, -0.2) is 66.6 Å². The first-order valence-electron chi connectivity index (χ1n) is 13.2. The van der Waals surface area contributed by atoms with E-state index >= 15 is 0 Å². The second-order valence-corrected chi connectivity index (χ2v) is 10.8. The molecule has 2 aromatic rings. The molecule has 4 heterocycles. The molecule has 0 unspecified atom stereocenters. The molecule has 4 aliphatic heterocycles. The standard InChI is InChI=1S/C29H37N3O3.ClH/c1-29(24-11-5-2-6-12-24,31-17-9-4-10-18-31)28(34)35-26-21-32(19-15-23(26)16-20-32)22-27(33)30-25-13-7-3-8-14-25;/h2-3,5-8,11-14,23,26H,4,9-10,15-22H2,1H3;1H/t23?,26-,29-,32?;/m0./s1. The number of benzene rings is 2. The maximum absolute atomic E-state index is 13.9. The van der Waals surface area contributed by atoms with E-state index in [1.807, 2.05) is 67.6 Å². The lowest BCUT2D eigenvalue weighted by molar-refractivity contribution is -0.939. The Hall–Kier alpha value is -2.41. The number of anilines is 1. The average Bonchev–Trinajstić information content (AvgIpc) is 2.90. The SMILES string of the molecule is C[C@@](C(=O)O[C@H]1C[N+]2(CC(=O)Nc3ccccc3)CCC1CC2)(c1ccccc1)N1CCCCC1.[Cl-]. The molecule has 6 rings (SSSR count). The lowest BCUT2D eigenvalue weighted by Gasteiger charge is -2.52. The highest BCUT2D eigenvalue weighted by atomic mass is 35.5. The highest BCUT2D eigenvalue weighted by Gasteiger charge is 2.51. The molecule has 2 atom stereocenters. The first kappa shape index (κ1) is 26.6. The molecule has 0 aliphatic carbocycles. The Bertz CT molecular complexity index is 1020. The Morgan fingerprint density at radius 1 is 0.972 bits per heavy atom. The van der Waals surface area contributed by atoms with Gasteiger partial charge in [0.15, 0.2) is 12.6 Å². The predicted molar refractivity (Wildman–Crippen MR) is 137 cm³/mol. The van der Waals surface area contributed by atoms with Crippen LogP contribution in [0.3, 0.4) is 0 Å². The van der Waals surface area contributed by atoms with E-state index in [1.165, 1.54) is 6.42 Å². The summed E-state index contributed by atoms with van der Waals surface area (Å²) in [5.41, 5.74) is 1.04. The molecule has 4 saturated heterocycles. The van der Waals surface area contributed by atoms with E-state index in [9.17, 15) is 9.59 Å². The molecule has 1 N–H and O–H groups in total. The number of fused-ring (bicyclic) bond motifs is 3. The average molecular weight is 512 g/mol. The molecule has 2 aromatic carbocycles. The number of amides is 1. The Balaban J connectivity index is 0.00000304. The van der Waals surface area contributed by atoms with Crippen LogP contribution in [0.25, 0.3) is 0 Å². The van der Waals surface area contributed by atoms with Crippen LogP contribution in [0.15, 0.2) is 60.7 Å². The minimum absolute atomic E-state index is 0. The van der Waals surface area contributed by atoms with E-state index < -0.39 is 5.54 Å². The van der Waals surface area contributed by atoms with Crippen LogP contribution in [0.4, 0.5) is 5.69 Å². The lowest BCUT2D eigenvalue weighted by atomic mass is 9.82. The molecule has 4 fully saturated rings. The number of para-hydroxylation sites is 1. The quantitative estimate of drug-likeness (QED) is 0.448. The van der Waals surface area contributed by atoms with Crippen molar-refractivity contribution in [3.63, 3.8) is 0 Å². The van der Waals surface area contributed by atoms with Gasteiger partial charge >= 0.3 is 5.97 Å². The minimum Gasteiger partial charge on any atom is -1.00 e. The second-order valence-electron chi connectivity index (χ2n) is 10.8. The molecule has 0 radical (unpaired) electrons. The zero-order valence-electron chi connectivity index (χ0n) is 21.2. The van der Waals surface area contributed by atoms with E-state index in [-0.39, 0.29) is 30.4 Å². The van der Waals surface area contributed by atoms with Gasteiger partial charge in [-0.25, -0.2) is 4.79 Å². The summed E-state index contributed by atoms with van der Waals surface area (Å²) in [5.74, 6) is 0.276. The van der Waals surface area contributed by atoms with Gasteiger partial charge in [0.2, 0.25) is 0 Å². The Kier molecular flexibility index (Phi) is 8.38. The van der Waals surface area contributed by atoms with Crippen molar-refractivity contribution in [2.75, 3.05) is 44.6 Å². The molecule has 36 heavy (non-hydrogen) atoms. The fourth-order valence-corrected chi connectivity index (χ4v) is 6.39. The van der Waals surface area contributed by atoms with Crippen LogP contribution < -0.4 is 17.7 Å². The molecule has 4 aliphatic rings. The van der Waals surface area contributed by atoms with E-state index in [4.69, 9.17) is 4.74 Å². The number of piperidine rings is 4. The molecule has 194 valence electrons. The van der Waals surface area contributed by atoms with Crippen molar-refractivity contribution in [1.29, 1.82) is 0 Å². The number of carbonyl (C=O) groups excluding carboxylic acids is 2. The largest absolute Gasteiger partial charge is 1.00 e. The first-order chi connectivity index (χ1) is 17.0. The van der Waals surface area contributed by atoms with Gasteiger partial charge in [0.05, 0.1) is 13.1 Å². The number of carbonyl (C=O) groups is 2. The van der Waals surface area contributed by atoms with Crippen molar-refractivity contribution in [3.8, 4) is 0 Å². The fraction of sp³-hybridized carbons (Fsp3) is 0.517. The number of hydrogen-bond acceptors (Lipinski definition) is 4. The summed E-state index contributed by atoms with van der Waals surface area (Å²) in [6, 6.07) is 19.7. The van der Waals surface area contributed by atoms with Gasteiger partial charge in [-0.15, -0.1) is 0 Å². The van der Waals surface area contributed by atoms with E-state index in [2.05, 4.69) is 10.2 Å². The van der Waals surface area contributed by atoms with Gasteiger partial charge in [0.25, 0.3) is 5.91 Å². The van der Waals surface area contributed by atoms with Gasteiger partial charge in [-0.2, -0.15) is 0 Å². The van der Waals surface area contributed by atoms with Gasteiger partial charge in [-0.3, -0.25) is 9.69 Å². The number of esters is 1. The molecule has 1 amide bonds. The van der Waals surface area contributed by atoms with Crippen molar-refractivity contribution in [2.45, 2.75) is 50.7 Å². The van der Waals surface area contributed by atoms with E-state index in [1.54, 1.807) is 0 Å². The Morgan fingerprint density at radius 2 is 1.58 bits per heavy atom. The fourth-order valence-electron chi connectivity index (χ4n) is 6.39. The first-order valence-corrected chi connectivity index (χ1v) is 13.2. The summed E-state index contributed by atoms with van der Waals surface area (Å²) in [5, 5.41) is 3.04. The number of ether oxygens (including phenoxy) is 1. The predicted octanol–water partition coefficient (Wildman–Crippen LogP) is 1.18. The molecule has 0 saturated carbocycles. The summed E-state index contributed by atoms with van der Waals surface area (Å²) in [7, 11) is 0. The maximum atomic E-state index is 13.9. The zero-order valence-corrected chi connectivity index (χ0v) is 22.0. The third-order valence-electron chi connectivity index (χ3n) is 8.56. The third kappa shape index (κ3) is 5.46. The number of quaternary nitrogens is 1. The lowest BCUT2D eigenvalue weighted by Crippen LogP contribution is -3.00. The van der Waals surface area contributed by atoms with Crippen molar-refractivity contribution in [2.24, 2.45) is 5.92 Å². The highest BCUT2D eigenvalue weighted by Crippen LogP contribution is 2.38. The molecule has 2 bridgehead atoms. The van der Waals surface area contributed by atoms with Crippen LogP contribution >= 0.6 is 0 Å². The number of halogens is 1. The topological polar surface area (TPSA) is 58.6 Å². The van der Waals surface area contributed by atoms with Crippen LogP contribution in [-0.2, 0) is 19.9 Å². The Morgan fingerprint density at radius 3 is 2.22 bits per heavy atom. The van der Waals surface area contributed by atoms with Crippen molar-refractivity contribution < 1.29 is 31.2 Å². The number of rotatable bonds is 7. The summed E-state index contributed by atoms with van der Waals surface area (Å²) < 4.78 is 7.10. The summed E-state index contributed by atoms with van der Waals surface area (Å²) in [6.07, 6.45) is 5.30. The number of hydrogen-bond donors (Lipinski definition) is 1. The number of nitrogens with zero attached hydrogens (tertiary/aromatic N) is 2. The van der Waals surface area contributed by atoms with Crippen LogP contribution in [0.1, 0.15) is 44.6 Å². The molecule has 6 nitrogen and oxygen atoms in total. The van der Waals surface area contributed by atoms with E-state index in [0.717, 1.165) is 69.7 Å². The number of likely N-dealkylation sites (tertiary alicyclic amines) is 1. The molecular formula is C29H38ClN3O3. The van der Waals surface area contributed by atoms with Gasteiger partial charge < -0.3 is 26.9 Å². The summed E-state index contributed by atoms with van der Waals surface area (Å²) >= 11 is 0. The summed E-state index contributed by atoms with van der Waals surface area (Å²) in [4.78, 5) is 29.1. The smallest absolute Gasteiger partial charge is 0.331 e. The maximum Gasteiger partial charge on any atom is 0.331 e. The normalized spacial score (nSPS) is 27.4. The zero-order chi connectivity index (χ0) is 24.3. The monoisotopic (exact) mass is 511 g/mol. The van der Waals surface area contributed by atoms with Crippen LogP contribution in [0.5, 0.6) is 0 Å². The van der Waals surface area contributed by atoms with Crippen LogP contribution in [0, 0.1) is 5.92 Å². The second kappa shape index (κ2) is 11.3.